The highest BCUT2D eigenvalue weighted by atomic mass is 16.5. The quantitative estimate of drug-likeness (QED) is 0.237. The second-order valence-corrected chi connectivity index (χ2v) is 8.71. The number of hydrogen-bond acceptors (Lipinski definition) is 8. The van der Waals surface area contributed by atoms with Gasteiger partial charge in [-0.1, -0.05) is 54.6 Å². The number of aliphatic hydroxyl groups is 1. The third-order valence-corrected chi connectivity index (χ3v) is 5.78. The van der Waals surface area contributed by atoms with E-state index < -0.39 is 12.1 Å². The average molecular weight is 512 g/mol. The number of aromatic nitrogens is 3. The second kappa shape index (κ2) is 12.1. The van der Waals surface area contributed by atoms with E-state index in [0.717, 1.165) is 22.3 Å². The smallest absolute Gasteiger partial charge is 0.330 e. The van der Waals surface area contributed by atoms with Gasteiger partial charge in [-0.25, -0.2) is 19.7 Å². The van der Waals surface area contributed by atoms with Gasteiger partial charge >= 0.3 is 5.97 Å². The molecule has 1 aromatic heterocycles. The number of rotatable bonds is 9. The summed E-state index contributed by atoms with van der Waals surface area (Å²) in [4.78, 5) is 25.5. The molecule has 4 rings (SSSR count). The predicted molar refractivity (Wildman–Crippen MR) is 145 cm³/mol. The molecule has 0 saturated heterocycles. The number of aryl methyl sites for hydroxylation is 2. The van der Waals surface area contributed by atoms with Crippen molar-refractivity contribution in [2.75, 3.05) is 13.2 Å². The van der Waals surface area contributed by atoms with Crippen molar-refractivity contribution in [2.24, 2.45) is 0 Å². The van der Waals surface area contributed by atoms with Gasteiger partial charge in [0.25, 0.3) is 0 Å². The molecular formula is C30H29N3O5. The number of nitrogens with zero attached hydrogens (tertiary/aromatic N) is 3. The molecule has 0 fully saturated rings. The number of ether oxygens (including phenoxy) is 2. The normalized spacial score (nSPS) is 11.9. The number of aromatic hydroxyl groups is 1. The minimum atomic E-state index is -1.03. The van der Waals surface area contributed by atoms with Gasteiger partial charge in [0.2, 0.25) is 0 Å². The van der Waals surface area contributed by atoms with Crippen LogP contribution in [0.5, 0.6) is 11.5 Å². The number of carbonyl (C=O) groups is 1. The first-order valence-corrected chi connectivity index (χ1v) is 12.2. The number of phenols is 1. The van der Waals surface area contributed by atoms with Crippen LogP contribution in [0.15, 0.2) is 78.9 Å². The summed E-state index contributed by atoms with van der Waals surface area (Å²) in [6, 6.07) is 20.4. The predicted octanol–water partition coefficient (Wildman–Crippen LogP) is 5.05. The summed E-state index contributed by atoms with van der Waals surface area (Å²) < 4.78 is 10.5. The summed E-state index contributed by atoms with van der Waals surface area (Å²) in [7, 11) is 0. The maximum atomic E-state index is 11.4. The highest BCUT2D eigenvalue weighted by Crippen LogP contribution is 2.33. The molecule has 38 heavy (non-hydrogen) atoms. The monoisotopic (exact) mass is 511 g/mol. The Morgan fingerprint density at radius 3 is 1.92 bits per heavy atom. The number of allylic oxidation sites excluding steroid dienone is 1. The minimum Gasteiger partial charge on any atom is -0.507 e. The van der Waals surface area contributed by atoms with E-state index in [1.54, 1.807) is 25.1 Å². The van der Waals surface area contributed by atoms with Crippen LogP contribution in [-0.2, 0) is 9.53 Å². The molecule has 0 radical (unpaired) electrons. The molecule has 0 saturated carbocycles. The summed E-state index contributed by atoms with van der Waals surface area (Å²) in [5.41, 5.74) is 4.18. The van der Waals surface area contributed by atoms with Crippen LogP contribution >= 0.6 is 0 Å². The summed E-state index contributed by atoms with van der Waals surface area (Å²) in [6.45, 7) is 5.35. The van der Waals surface area contributed by atoms with Crippen LogP contribution in [0.25, 0.3) is 34.2 Å². The number of hydrogen-bond donors (Lipinski definition) is 2. The van der Waals surface area contributed by atoms with Crippen LogP contribution in [0.2, 0.25) is 0 Å². The van der Waals surface area contributed by atoms with Gasteiger partial charge in [-0.2, -0.15) is 0 Å². The molecule has 0 amide bonds. The van der Waals surface area contributed by atoms with Crippen LogP contribution in [-0.4, -0.2) is 50.5 Å². The van der Waals surface area contributed by atoms with E-state index in [4.69, 9.17) is 24.4 Å². The van der Waals surface area contributed by atoms with Crippen molar-refractivity contribution in [2.45, 2.75) is 26.9 Å². The van der Waals surface area contributed by atoms with Crippen molar-refractivity contribution in [1.29, 1.82) is 0 Å². The molecule has 1 heterocycles. The van der Waals surface area contributed by atoms with Gasteiger partial charge in [0, 0.05) is 23.3 Å². The molecule has 1 atom stereocenters. The third kappa shape index (κ3) is 6.41. The van der Waals surface area contributed by atoms with Gasteiger partial charge in [0.1, 0.15) is 30.8 Å². The zero-order valence-electron chi connectivity index (χ0n) is 21.5. The molecule has 2 N–H and O–H groups in total. The summed E-state index contributed by atoms with van der Waals surface area (Å²) >= 11 is 0. The van der Waals surface area contributed by atoms with E-state index >= 15 is 0 Å². The molecule has 194 valence electrons. The summed E-state index contributed by atoms with van der Waals surface area (Å²) in [5, 5.41) is 20.9. The Bertz CT molecular complexity index is 1400. The number of aliphatic hydroxyl groups excluding tert-OH is 1. The SMILES string of the molecule is CC=CC(=O)OCC(O)COc1ccc(-c2nc(-c3ccccc3C)nc(-c3ccccc3C)n2)c(O)c1. The molecule has 3 aromatic carbocycles. The molecule has 0 spiro atoms. The fourth-order valence-corrected chi connectivity index (χ4v) is 3.78. The maximum absolute atomic E-state index is 11.4. The van der Waals surface area contributed by atoms with Crippen molar-refractivity contribution in [3.05, 3.63) is 90.0 Å². The van der Waals surface area contributed by atoms with Crippen molar-refractivity contribution in [1.82, 2.24) is 15.0 Å². The fourth-order valence-electron chi connectivity index (χ4n) is 3.78. The molecule has 4 aromatic rings. The van der Waals surface area contributed by atoms with Gasteiger partial charge in [0.15, 0.2) is 17.5 Å². The van der Waals surface area contributed by atoms with Crippen molar-refractivity contribution in [3.8, 4) is 45.7 Å². The van der Waals surface area contributed by atoms with E-state index in [9.17, 15) is 15.0 Å². The summed E-state index contributed by atoms with van der Waals surface area (Å²) in [6.07, 6.45) is 1.79. The molecular weight excluding hydrogens is 482 g/mol. The van der Waals surface area contributed by atoms with E-state index in [1.807, 2.05) is 62.4 Å². The highest BCUT2D eigenvalue weighted by molar-refractivity contribution is 5.81. The topological polar surface area (TPSA) is 115 Å². The largest absolute Gasteiger partial charge is 0.507 e. The lowest BCUT2D eigenvalue weighted by molar-refractivity contribution is -0.141. The zero-order valence-corrected chi connectivity index (χ0v) is 21.5. The maximum Gasteiger partial charge on any atom is 0.330 e. The van der Waals surface area contributed by atoms with Crippen LogP contribution in [0, 0.1) is 13.8 Å². The van der Waals surface area contributed by atoms with Crippen molar-refractivity contribution < 1.29 is 24.5 Å². The summed E-state index contributed by atoms with van der Waals surface area (Å²) in [5.74, 6) is 1.02. The van der Waals surface area contributed by atoms with Gasteiger partial charge < -0.3 is 19.7 Å². The van der Waals surface area contributed by atoms with E-state index in [2.05, 4.69) is 0 Å². The first-order valence-electron chi connectivity index (χ1n) is 12.2. The Kier molecular flexibility index (Phi) is 8.45. The molecule has 0 aliphatic heterocycles. The lowest BCUT2D eigenvalue weighted by Crippen LogP contribution is -2.24. The fraction of sp³-hybridized carbons (Fsp3) is 0.200. The average Bonchev–Trinajstić information content (AvgIpc) is 2.91. The van der Waals surface area contributed by atoms with Gasteiger partial charge in [-0.05, 0) is 44.0 Å². The number of benzene rings is 3. The Morgan fingerprint density at radius 1 is 0.842 bits per heavy atom. The molecule has 8 heteroatoms. The first kappa shape index (κ1) is 26.5. The number of esters is 1. The number of carbonyl (C=O) groups excluding carboxylic acids is 1. The highest BCUT2D eigenvalue weighted by Gasteiger charge is 2.17. The molecule has 8 nitrogen and oxygen atoms in total. The second-order valence-electron chi connectivity index (χ2n) is 8.71. The van der Waals surface area contributed by atoms with Crippen LogP contribution in [0.4, 0.5) is 0 Å². The lowest BCUT2D eigenvalue weighted by atomic mass is 10.1. The van der Waals surface area contributed by atoms with Crippen LogP contribution in [0.1, 0.15) is 18.1 Å². The Morgan fingerprint density at radius 2 is 1.39 bits per heavy atom. The van der Waals surface area contributed by atoms with Crippen LogP contribution < -0.4 is 4.74 Å². The molecule has 0 bridgehead atoms. The van der Waals surface area contributed by atoms with Gasteiger partial charge in [-0.3, -0.25) is 0 Å². The van der Waals surface area contributed by atoms with Crippen LogP contribution in [0.3, 0.4) is 0 Å². The standard InChI is InChI=1S/C30H29N3O5/c1-4-9-27(36)38-18-21(34)17-37-22-14-15-25(26(35)16-22)30-32-28(23-12-7-5-10-19(23)2)31-29(33-30)24-13-8-6-11-20(24)3/h4-16,21,34-35H,17-18H2,1-3H3. The van der Waals surface area contributed by atoms with Gasteiger partial charge in [-0.15, -0.1) is 0 Å². The van der Waals surface area contributed by atoms with E-state index in [-0.39, 0.29) is 19.0 Å². The molecule has 1 unspecified atom stereocenters. The zero-order chi connectivity index (χ0) is 27.1. The third-order valence-electron chi connectivity index (χ3n) is 5.78. The first-order chi connectivity index (χ1) is 18.4. The van der Waals surface area contributed by atoms with Crippen molar-refractivity contribution >= 4 is 5.97 Å². The van der Waals surface area contributed by atoms with Gasteiger partial charge in [0.05, 0.1) is 5.56 Å². The van der Waals surface area contributed by atoms with E-state index in [1.165, 1.54) is 12.1 Å². The Hall–Kier alpha value is -4.56. The van der Waals surface area contributed by atoms with Crippen molar-refractivity contribution in [3.63, 3.8) is 0 Å². The number of phenolic OH excluding ortho intramolecular Hbond substituents is 1. The Balaban J connectivity index is 1.63. The lowest BCUT2D eigenvalue weighted by Gasteiger charge is -2.14. The Labute approximate surface area is 221 Å². The van der Waals surface area contributed by atoms with E-state index in [0.29, 0.717) is 28.8 Å². The molecule has 0 aliphatic rings. The minimum absolute atomic E-state index is 0.0887. The molecule has 0 aliphatic carbocycles.